The summed E-state index contributed by atoms with van der Waals surface area (Å²) in [6.45, 7) is 0.465. The van der Waals surface area contributed by atoms with Crippen LogP contribution in [0, 0.1) is 0 Å². The fourth-order valence-electron chi connectivity index (χ4n) is 1.02. The smallest absolute Gasteiger partial charge is 0.317 e. The molecule has 0 unspecified atom stereocenters. The lowest BCUT2D eigenvalue weighted by atomic mass is 10.4. The summed E-state index contributed by atoms with van der Waals surface area (Å²) in [5.41, 5.74) is 0. The maximum absolute atomic E-state index is 10.4. The first-order chi connectivity index (χ1) is 6.49. The topological polar surface area (TPSA) is 53.7 Å². The van der Waals surface area contributed by atoms with Crippen molar-refractivity contribution in [2.75, 3.05) is 13.6 Å². The lowest BCUT2D eigenvalue weighted by molar-refractivity contribution is -0.138. The lowest BCUT2D eigenvalue weighted by Gasteiger charge is -2.10. The molecule has 0 aliphatic carbocycles. The van der Waals surface area contributed by atoms with Crippen LogP contribution in [-0.2, 0) is 11.3 Å². The van der Waals surface area contributed by atoms with Gasteiger partial charge in [-0.15, -0.1) is 0 Å². The van der Waals surface area contributed by atoms with Crippen LogP contribution in [0.15, 0.2) is 19.6 Å². The summed E-state index contributed by atoms with van der Waals surface area (Å²) in [7, 11) is 1.72. The summed E-state index contributed by atoms with van der Waals surface area (Å²) in [5, 5.41) is 8.53. The number of rotatable bonds is 4. The second-order valence-corrected chi connectivity index (χ2v) is 4.47. The maximum Gasteiger partial charge on any atom is 0.317 e. The lowest BCUT2D eigenvalue weighted by Crippen LogP contribution is -2.24. The molecule has 0 radical (unpaired) electrons. The van der Waals surface area contributed by atoms with Gasteiger partial charge in [0, 0.05) is 0 Å². The molecule has 0 amide bonds. The van der Waals surface area contributed by atoms with Crippen molar-refractivity contribution in [1.29, 1.82) is 0 Å². The van der Waals surface area contributed by atoms with Gasteiger partial charge in [0.25, 0.3) is 0 Å². The molecule has 0 fully saturated rings. The van der Waals surface area contributed by atoms with Crippen LogP contribution in [0.5, 0.6) is 0 Å². The van der Waals surface area contributed by atoms with Gasteiger partial charge in [0.2, 0.25) is 0 Å². The molecular weight excluding hydrogens is 318 g/mol. The number of likely N-dealkylation sites (N-methyl/N-ethyl adjacent to an activating group) is 1. The van der Waals surface area contributed by atoms with E-state index in [0.717, 1.165) is 4.47 Å². The van der Waals surface area contributed by atoms with Crippen LogP contribution in [0.2, 0.25) is 0 Å². The Labute approximate surface area is 98.1 Å². The number of carbonyl (C=O) groups is 1. The van der Waals surface area contributed by atoms with E-state index in [1.54, 1.807) is 11.9 Å². The molecule has 0 aromatic carbocycles. The van der Waals surface area contributed by atoms with E-state index in [9.17, 15) is 4.79 Å². The minimum Gasteiger partial charge on any atom is -0.480 e. The molecule has 0 aliphatic rings. The van der Waals surface area contributed by atoms with Gasteiger partial charge in [0.1, 0.15) is 5.76 Å². The van der Waals surface area contributed by atoms with E-state index in [1.807, 2.05) is 6.07 Å². The van der Waals surface area contributed by atoms with E-state index in [0.29, 0.717) is 17.0 Å². The third-order valence-corrected chi connectivity index (χ3v) is 3.24. The highest BCUT2D eigenvalue weighted by atomic mass is 79.9. The summed E-state index contributed by atoms with van der Waals surface area (Å²) < 4.78 is 6.75. The summed E-state index contributed by atoms with van der Waals surface area (Å²) in [4.78, 5) is 12.0. The first kappa shape index (κ1) is 11.7. The Balaban J connectivity index is 2.56. The molecular formula is C8H9Br2NO3. The van der Waals surface area contributed by atoms with Gasteiger partial charge in [-0.3, -0.25) is 9.69 Å². The van der Waals surface area contributed by atoms with Crippen LogP contribution in [-0.4, -0.2) is 29.6 Å². The maximum atomic E-state index is 10.4. The summed E-state index contributed by atoms with van der Waals surface area (Å²) in [6.07, 6.45) is 0. The molecule has 1 heterocycles. The number of hydrogen-bond acceptors (Lipinski definition) is 3. The van der Waals surface area contributed by atoms with Gasteiger partial charge in [0.15, 0.2) is 4.67 Å². The number of aliphatic carboxylic acids is 1. The van der Waals surface area contributed by atoms with Gasteiger partial charge >= 0.3 is 5.97 Å². The highest BCUT2D eigenvalue weighted by Crippen LogP contribution is 2.27. The van der Waals surface area contributed by atoms with Crippen molar-refractivity contribution in [3.63, 3.8) is 0 Å². The summed E-state index contributed by atoms with van der Waals surface area (Å²) >= 11 is 6.49. The molecule has 14 heavy (non-hydrogen) atoms. The Hall–Kier alpha value is -0.330. The zero-order valence-electron chi connectivity index (χ0n) is 7.46. The number of halogens is 2. The number of furan rings is 1. The normalized spacial score (nSPS) is 10.9. The second kappa shape index (κ2) is 4.95. The van der Waals surface area contributed by atoms with Crippen molar-refractivity contribution in [2.24, 2.45) is 0 Å². The predicted octanol–water partition coefficient (Wildman–Crippen LogP) is 2.32. The third-order valence-electron chi connectivity index (χ3n) is 1.53. The monoisotopic (exact) mass is 325 g/mol. The van der Waals surface area contributed by atoms with E-state index in [1.165, 1.54) is 0 Å². The molecule has 1 rings (SSSR count). The third kappa shape index (κ3) is 3.43. The predicted molar refractivity (Wildman–Crippen MR) is 58.1 cm³/mol. The van der Waals surface area contributed by atoms with Crippen LogP contribution in [0.1, 0.15) is 5.76 Å². The van der Waals surface area contributed by atoms with Crippen molar-refractivity contribution < 1.29 is 14.3 Å². The van der Waals surface area contributed by atoms with Crippen molar-refractivity contribution in [1.82, 2.24) is 4.90 Å². The molecule has 0 saturated heterocycles. The van der Waals surface area contributed by atoms with E-state index in [2.05, 4.69) is 31.9 Å². The van der Waals surface area contributed by atoms with Gasteiger partial charge in [-0.1, -0.05) is 0 Å². The van der Waals surface area contributed by atoms with Crippen molar-refractivity contribution in [3.8, 4) is 0 Å². The quantitative estimate of drug-likeness (QED) is 0.922. The number of nitrogens with zero attached hydrogens (tertiary/aromatic N) is 1. The molecule has 6 heteroatoms. The average Bonchev–Trinajstić information content (AvgIpc) is 2.28. The first-order valence-corrected chi connectivity index (χ1v) is 5.41. The average molecular weight is 327 g/mol. The van der Waals surface area contributed by atoms with Gasteiger partial charge in [-0.2, -0.15) is 0 Å². The largest absolute Gasteiger partial charge is 0.480 e. The Morgan fingerprint density at radius 1 is 1.64 bits per heavy atom. The van der Waals surface area contributed by atoms with Crippen LogP contribution in [0.3, 0.4) is 0 Å². The zero-order chi connectivity index (χ0) is 10.7. The molecule has 78 valence electrons. The summed E-state index contributed by atoms with van der Waals surface area (Å²) in [6, 6.07) is 1.81. The number of hydrogen-bond donors (Lipinski definition) is 1. The molecule has 0 atom stereocenters. The molecule has 4 nitrogen and oxygen atoms in total. The zero-order valence-corrected chi connectivity index (χ0v) is 10.6. The molecule has 1 aromatic rings. The minimum atomic E-state index is -0.850. The van der Waals surface area contributed by atoms with Gasteiger partial charge in [-0.25, -0.2) is 0 Å². The Morgan fingerprint density at radius 2 is 2.29 bits per heavy atom. The van der Waals surface area contributed by atoms with Gasteiger partial charge < -0.3 is 9.52 Å². The summed E-state index contributed by atoms with van der Waals surface area (Å²) in [5.74, 6) is -0.135. The highest BCUT2D eigenvalue weighted by Gasteiger charge is 2.10. The molecule has 1 N–H and O–H groups in total. The van der Waals surface area contributed by atoms with E-state index < -0.39 is 5.97 Å². The molecule has 0 spiro atoms. The van der Waals surface area contributed by atoms with Gasteiger partial charge in [0.05, 0.1) is 17.6 Å². The SMILES string of the molecule is CN(CC(=O)O)Cc1cc(Br)c(Br)o1. The Kier molecular flexibility index (Phi) is 4.15. The minimum absolute atomic E-state index is 0.00403. The fraction of sp³-hybridized carbons (Fsp3) is 0.375. The van der Waals surface area contributed by atoms with Crippen LogP contribution in [0.25, 0.3) is 0 Å². The van der Waals surface area contributed by atoms with Crippen LogP contribution >= 0.6 is 31.9 Å². The molecule has 0 aliphatic heterocycles. The number of carboxylic acids is 1. The van der Waals surface area contributed by atoms with Gasteiger partial charge in [-0.05, 0) is 45.0 Å². The molecule has 0 bridgehead atoms. The van der Waals surface area contributed by atoms with Crippen molar-refractivity contribution in [3.05, 3.63) is 21.0 Å². The van der Waals surface area contributed by atoms with E-state index in [-0.39, 0.29) is 6.54 Å². The van der Waals surface area contributed by atoms with Crippen LogP contribution in [0.4, 0.5) is 0 Å². The molecule has 0 saturated carbocycles. The first-order valence-electron chi connectivity index (χ1n) is 3.83. The van der Waals surface area contributed by atoms with Crippen LogP contribution < -0.4 is 0 Å². The van der Waals surface area contributed by atoms with Crippen molar-refractivity contribution >= 4 is 37.8 Å². The number of carboxylic acid groups (broad SMARTS) is 1. The Morgan fingerprint density at radius 3 is 2.71 bits per heavy atom. The highest BCUT2D eigenvalue weighted by molar-refractivity contribution is 9.13. The Bertz CT molecular complexity index is 318. The standard InChI is InChI=1S/C8H9Br2NO3/c1-11(4-7(12)13)3-5-2-6(9)8(10)14-5/h2H,3-4H2,1H3,(H,12,13). The fourth-order valence-corrected chi connectivity index (χ4v) is 1.68. The molecule has 1 aromatic heterocycles. The van der Waals surface area contributed by atoms with E-state index in [4.69, 9.17) is 9.52 Å². The van der Waals surface area contributed by atoms with Crippen molar-refractivity contribution in [2.45, 2.75) is 6.54 Å². The van der Waals surface area contributed by atoms with E-state index >= 15 is 0 Å². The second-order valence-electron chi connectivity index (χ2n) is 2.90.